The minimum Gasteiger partial charge on any atom is -0.354 e. The number of halogens is 2. The Bertz CT molecular complexity index is 1060. The maximum absolute atomic E-state index is 13.4. The fourth-order valence-corrected chi connectivity index (χ4v) is 3.65. The second-order valence-electron chi connectivity index (χ2n) is 7.01. The van der Waals surface area contributed by atoms with Gasteiger partial charge in [0.05, 0.1) is 10.6 Å². The summed E-state index contributed by atoms with van der Waals surface area (Å²) in [6.07, 6.45) is 3.18. The molecule has 0 radical (unpaired) electrons. The Kier molecular flexibility index (Phi) is 5.94. The Balaban J connectivity index is 1.52. The number of carbonyl (C=O) groups is 1. The minimum atomic E-state index is -0.537. The van der Waals surface area contributed by atoms with Gasteiger partial charge >= 0.3 is 0 Å². The van der Waals surface area contributed by atoms with E-state index in [1.165, 1.54) is 18.2 Å². The molecule has 0 unspecified atom stereocenters. The molecule has 0 aliphatic carbocycles. The van der Waals surface area contributed by atoms with Crippen LogP contribution < -0.4 is 4.90 Å². The molecule has 0 atom stereocenters. The zero-order valence-corrected chi connectivity index (χ0v) is 17.3. The second-order valence-corrected chi connectivity index (χ2v) is 7.41. The lowest BCUT2D eigenvalue weighted by atomic mass is 10.2. The maximum Gasteiger partial charge on any atom is 0.261 e. The fourth-order valence-electron chi connectivity index (χ4n) is 3.47. The van der Waals surface area contributed by atoms with Gasteiger partial charge in [0.15, 0.2) is 5.82 Å². The first-order valence-electron chi connectivity index (χ1n) is 9.84. The van der Waals surface area contributed by atoms with Crippen molar-refractivity contribution in [2.45, 2.75) is 19.8 Å². The number of hydrogen-bond donors (Lipinski definition) is 0. The lowest BCUT2D eigenvalue weighted by molar-refractivity contribution is 0.0767. The Morgan fingerprint density at radius 3 is 2.87 bits per heavy atom. The van der Waals surface area contributed by atoms with Gasteiger partial charge in [-0.05, 0) is 36.8 Å². The molecule has 1 aliphatic rings. The SMILES string of the molecule is CCc1noc(-c2cccnc2N2CCCN(C(=O)c3ccc(F)c(Cl)c3)CC2)n1. The average Bonchev–Trinajstić information content (AvgIpc) is 3.12. The molecular formula is C21H21ClFN5O2. The zero-order valence-electron chi connectivity index (χ0n) is 16.5. The summed E-state index contributed by atoms with van der Waals surface area (Å²) in [4.78, 5) is 25.7. The van der Waals surface area contributed by atoms with Crippen molar-refractivity contribution < 1.29 is 13.7 Å². The molecule has 1 fully saturated rings. The first kappa shape index (κ1) is 20.3. The standard InChI is InChI=1S/C21H21ClFN5O2/c1-2-18-25-20(30-26-18)15-5-3-8-24-19(15)27-9-4-10-28(12-11-27)21(29)14-6-7-17(23)16(22)13-14/h3,5-8,13H,2,4,9-12H2,1H3. The molecule has 0 N–H and O–H groups in total. The second kappa shape index (κ2) is 8.79. The van der Waals surface area contributed by atoms with Gasteiger partial charge in [-0.2, -0.15) is 4.98 Å². The van der Waals surface area contributed by atoms with Crippen molar-refractivity contribution in [1.82, 2.24) is 20.0 Å². The summed E-state index contributed by atoms with van der Waals surface area (Å²) in [5.41, 5.74) is 1.15. The Morgan fingerprint density at radius 2 is 2.10 bits per heavy atom. The Morgan fingerprint density at radius 1 is 1.23 bits per heavy atom. The van der Waals surface area contributed by atoms with Crippen molar-refractivity contribution in [3.8, 4) is 11.5 Å². The van der Waals surface area contributed by atoms with E-state index in [2.05, 4.69) is 20.0 Å². The van der Waals surface area contributed by atoms with Crippen molar-refractivity contribution in [1.29, 1.82) is 0 Å². The molecule has 3 aromatic rings. The van der Waals surface area contributed by atoms with E-state index in [4.69, 9.17) is 16.1 Å². The number of aromatic nitrogens is 3. The third-order valence-corrected chi connectivity index (χ3v) is 5.34. The van der Waals surface area contributed by atoms with Crippen LogP contribution in [0.1, 0.15) is 29.5 Å². The van der Waals surface area contributed by atoms with E-state index in [0.717, 1.165) is 24.3 Å². The minimum absolute atomic E-state index is 0.0542. The van der Waals surface area contributed by atoms with Crippen molar-refractivity contribution in [3.63, 3.8) is 0 Å². The number of nitrogens with zero attached hydrogens (tertiary/aromatic N) is 5. The van der Waals surface area contributed by atoms with Crippen LogP contribution in [0, 0.1) is 5.82 Å². The summed E-state index contributed by atoms with van der Waals surface area (Å²) in [6.45, 7) is 4.39. The van der Waals surface area contributed by atoms with Crippen molar-refractivity contribution in [2.75, 3.05) is 31.1 Å². The van der Waals surface area contributed by atoms with Crippen molar-refractivity contribution >= 4 is 23.3 Å². The number of rotatable bonds is 4. The number of hydrogen-bond acceptors (Lipinski definition) is 6. The van der Waals surface area contributed by atoms with Gasteiger partial charge in [-0.15, -0.1) is 0 Å². The Hall–Kier alpha value is -3.00. The van der Waals surface area contributed by atoms with Crippen LogP contribution in [0.25, 0.3) is 11.5 Å². The van der Waals surface area contributed by atoms with Crippen LogP contribution >= 0.6 is 11.6 Å². The van der Waals surface area contributed by atoms with Crippen LogP contribution in [0.5, 0.6) is 0 Å². The number of benzene rings is 1. The van der Waals surface area contributed by atoms with E-state index in [1.807, 2.05) is 19.1 Å². The van der Waals surface area contributed by atoms with Crippen LogP contribution in [0.4, 0.5) is 10.2 Å². The number of anilines is 1. The van der Waals surface area contributed by atoms with E-state index in [1.54, 1.807) is 11.1 Å². The van der Waals surface area contributed by atoms with E-state index in [9.17, 15) is 9.18 Å². The molecule has 1 saturated heterocycles. The first-order chi connectivity index (χ1) is 14.6. The zero-order chi connectivity index (χ0) is 21.1. The fraction of sp³-hybridized carbons (Fsp3) is 0.333. The summed E-state index contributed by atoms with van der Waals surface area (Å²) in [5, 5.41) is 3.92. The number of amides is 1. The molecule has 9 heteroatoms. The molecule has 0 saturated carbocycles. The highest BCUT2D eigenvalue weighted by Crippen LogP contribution is 2.28. The number of aryl methyl sites for hydroxylation is 1. The lowest BCUT2D eigenvalue weighted by Crippen LogP contribution is -2.35. The molecule has 30 heavy (non-hydrogen) atoms. The molecular weight excluding hydrogens is 409 g/mol. The summed E-state index contributed by atoms with van der Waals surface area (Å²) < 4.78 is 18.8. The molecule has 4 rings (SSSR count). The highest BCUT2D eigenvalue weighted by Gasteiger charge is 2.24. The largest absolute Gasteiger partial charge is 0.354 e. The number of pyridine rings is 1. The van der Waals surface area contributed by atoms with E-state index in [0.29, 0.717) is 43.3 Å². The van der Waals surface area contributed by atoms with Gasteiger partial charge in [0.1, 0.15) is 11.6 Å². The molecule has 2 aromatic heterocycles. The maximum atomic E-state index is 13.4. The highest BCUT2D eigenvalue weighted by molar-refractivity contribution is 6.31. The van der Waals surface area contributed by atoms with Gasteiger partial charge in [0.2, 0.25) is 0 Å². The summed E-state index contributed by atoms with van der Waals surface area (Å²) >= 11 is 5.84. The molecule has 0 spiro atoms. The van der Waals surface area contributed by atoms with Gasteiger partial charge in [-0.3, -0.25) is 4.79 Å². The van der Waals surface area contributed by atoms with E-state index < -0.39 is 5.82 Å². The molecule has 3 heterocycles. The Labute approximate surface area is 178 Å². The first-order valence-corrected chi connectivity index (χ1v) is 10.2. The molecule has 0 bridgehead atoms. The lowest BCUT2D eigenvalue weighted by Gasteiger charge is -2.24. The van der Waals surface area contributed by atoms with E-state index in [-0.39, 0.29) is 10.9 Å². The quantitative estimate of drug-likeness (QED) is 0.627. The number of carbonyl (C=O) groups excluding carboxylic acids is 1. The molecule has 7 nitrogen and oxygen atoms in total. The van der Waals surface area contributed by atoms with Crippen LogP contribution in [-0.4, -0.2) is 52.1 Å². The molecule has 156 valence electrons. The summed E-state index contributed by atoms with van der Waals surface area (Å²) in [7, 11) is 0. The topological polar surface area (TPSA) is 75.4 Å². The highest BCUT2D eigenvalue weighted by atomic mass is 35.5. The van der Waals surface area contributed by atoms with Gasteiger partial charge in [0.25, 0.3) is 11.8 Å². The van der Waals surface area contributed by atoms with Crippen molar-refractivity contribution in [3.05, 3.63) is 58.8 Å². The molecule has 1 aliphatic heterocycles. The third-order valence-electron chi connectivity index (χ3n) is 5.05. The normalized spacial score (nSPS) is 14.6. The third kappa shape index (κ3) is 4.14. The van der Waals surface area contributed by atoms with Crippen LogP contribution in [0.2, 0.25) is 5.02 Å². The predicted molar refractivity (Wildman–Crippen MR) is 111 cm³/mol. The van der Waals surface area contributed by atoms with Gasteiger partial charge in [0, 0.05) is 44.4 Å². The van der Waals surface area contributed by atoms with Crippen molar-refractivity contribution in [2.24, 2.45) is 0 Å². The van der Waals surface area contributed by atoms with Gasteiger partial charge < -0.3 is 14.3 Å². The predicted octanol–water partition coefficient (Wildman–Crippen LogP) is 3.84. The van der Waals surface area contributed by atoms with Crippen LogP contribution in [-0.2, 0) is 6.42 Å². The van der Waals surface area contributed by atoms with E-state index >= 15 is 0 Å². The average molecular weight is 430 g/mol. The summed E-state index contributed by atoms with van der Waals surface area (Å²) in [6, 6.07) is 7.79. The monoisotopic (exact) mass is 429 g/mol. The van der Waals surface area contributed by atoms with Crippen LogP contribution in [0.15, 0.2) is 41.1 Å². The molecule has 1 amide bonds. The smallest absolute Gasteiger partial charge is 0.261 e. The van der Waals surface area contributed by atoms with Gasteiger partial charge in [-0.25, -0.2) is 9.37 Å². The summed E-state index contributed by atoms with van der Waals surface area (Å²) in [5.74, 6) is 1.14. The van der Waals surface area contributed by atoms with Gasteiger partial charge in [-0.1, -0.05) is 23.7 Å². The molecule has 1 aromatic carbocycles. The van der Waals surface area contributed by atoms with Crippen LogP contribution in [0.3, 0.4) is 0 Å².